The van der Waals surface area contributed by atoms with Crippen LogP contribution in [0.2, 0.25) is 0 Å². The summed E-state index contributed by atoms with van der Waals surface area (Å²) in [6.07, 6.45) is 3.27. The van der Waals surface area contributed by atoms with Crippen molar-refractivity contribution < 1.29 is 0 Å². The molecule has 0 spiro atoms. The van der Waals surface area contributed by atoms with E-state index in [9.17, 15) is 0 Å². The summed E-state index contributed by atoms with van der Waals surface area (Å²) in [4.78, 5) is 12.7. The van der Waals surface area contributed by atoms with Gasteiger partial charge in [-0.15, -0.1) is 0 Å². The zero-order chi connectivity index (χ0) is 13.8. The van der Waals surface area contributed by atoms with Crippen molar-refractivity contribution in [2.75, 3.05) is 5.43 Å². The van der Waals surface area contributed by atoms with Crippen LogP contribution >= 0.6 is 0 Å². The Bertz CT molecular complexity index is 747. The van der Waals surface area contributed by atoms with Gasteiger partial charge in [0.25, 0.3) is 0 Å². The lowest BCUT2D eigenvalue weighted by molar-refractivity contribution is 1.17. The lowest BCUT2D eigenvalue weighted by Gasteiger charge is -2.05. The Kier molecular flexibility index (Phi) is 3.33. The molecule has 0 unspecified atom stereocenters. The van der Waals surface area contributed by atoms with Crippen LogP contribution in [0.1, 0.15) is 12.6 Å². The number of hydrogen-bond acceptors (Lipinski definition) is 5. The molecule has 0 amide bonds. The van der Waals surface area contributed by atoms with Crippen LogP contribution in [-0.4, -0.2) is 20.7 Å². The zero-order valence-electron chi connectivity index (χ0n) is 11.0. The van der Waals surface area contributed by atoms with E-state index in [2.05, 4.69) is 25.5 Å². The van der Waals surface area contributed by atoms with E-state index in [0.717, 1.165) is 22.3 Å². The van der Waals surface area contributed by atoms with Crippen molar-refractivity contribution in [1.82, 2.24) is 15.0 Å². The van der Waals surface area contributed by atoms with Crippen LogP contribution in [0.15, 0.2) is 60.1 Å². The molecule has 5 heteroatoms. The fourth-order valence-electron chi connectivity index (χ4n) is 1.86. The lowest BCUT2D eigenvalue weighted by atomic mass is 10.2. The van der Waals surface area contributed by atoms with E-state index in [1.165, 1.54) is 6.33 Å². The molecule has 20 heavy (non-hydrogen) atoms. The molecule has 0 radical (unpaired) electrons. The van der Waals surface area contributed by atoms with Gasteiger partial charge in [-0.2, -0.15) is 5.10 Å². The number of nitrogens with one attached hydrogen (secondary N) is 1. The second-order valence-corrected chi connectivity index (χ2v) is 4.26. The molecule has 0 aliphatic heterocycles. The zero-order valence-corrected chi connectivity index (χ0v) is 11.0. The first-order chi connectivity index (χ1) is 9.84. The number of nitrogens with zero attached hydrogens (tertiary/aromatic N) is 4. The summed E-state index contributed by atoms with van der Waals surface area (Å²) in [7, 11) is 0. The first-order valence-corrected chi connectivity index (χ1v) is 6.26. The van der Waals surface area contributed by atoms with Gasteiger partial charge in [0, 0.05) is 11.6 Å². The smallest absolute Gasteiger partial charge is 0.157 e. The molecule has 3 rings (SSSR count). The largest absolute Gasteiger partial charge is 0.260 e. The minimum atomic E-state index is 0.686. The number of fused-ring (bicyclic) bond motifs is 1. The van der Waals surface area contributed by atoms with Crippen molar-refractivity contribution >= 4 is 22.4 Å². The highest BCUT2D eigenvalue weighted by atomic mass is 15.3. The molecular weight excluding hydrogens is 250 g/mol. The molecular formula is C15H13N5. The van der Waals surface area contributed by atoms with Crippen molar-refractivity contribution in [2.45, 2.75) is 6.92 Å². The Morgan fingerprint density at radius 3 is 2.70 bits per heavy atom. The predicted molar refractivity (Wildman–Crippen MR) is 79.6 cm³/mol. The molecule has 98 valence electrons. The van der Waals surface area contributed by atoms with Crippen LogP contribution < -0.4 is 5.43 Å². The number of hydrogen-bond donors (Lipinski definition) is 1. The predicted octanol–water partition coefficient (Wildman–Crippen LogP) is 2.86. The Morgan fingerprint density at radius 2 is 1.85 bits per heavy atom. The van der Waals surface area contributed by atoms with Gasteiger partial charge in [0.15, 0.2) is 5.82 Å². The molecule has 2 aromatic heterocycles. The van der Waals surface area contributed by atoms with Crippen LogP contribution in [0.3, 0.4) is 0 Å². The fourth-order valence-corrected chi connectivity index (χ4v) is 1.86. The first kappa shape index (κ1) is 12.2. The van der Waals surface area contributed by atoms with Crippen LogP contribution in [-0.2, 0) is 0 Å². The van der Waals surface area contributed by atoms with Gasteiger partial charge >= 0.3 is 0 Å². The van der Waals surface area contributed by atoms with Crippen LogP contribution in [0.5, 0.6) is 0 Å². The van der Waals surface area contributed by atoms with Gasteiger partial charge in [-0.25, -0.2) is 9.97 Å². The highest BCUT2D eigenvalue weighted by Crippen LogP contribution is 2.18. The Hall–Kier alpha value is -2.82. The average molecular weight is 263 g/mol. The number of benzene rings is 1. The maximum absolute atomic E-state index is 4.33. The van der Waals surface area contributed by atoms with Gasteiger partial charge in [-0.3, -0.25) is 10.4 Å². The topological polar surface area (TPSA) is 63.1 Å². The van der Waals surface area contributed by atoms with E-state index in [1.807, 2.05) is 49.4 Å². The molecule has 0 bridgehead atoms. The number of anilines is 1. The standard InChI is InChI=1S/C15H13N5/c1-11(13-7-4-5-9-16-13)19-20-15-12-6-2-3-8-14(12)17-10-18-15/h2-10H,1H3,(H,17,18,20). The normalized spacial score (nSPS) is 11.6. The molecule has 1 aromatic carbocycles. The monoisotopic (exact) mass is 263 g/mol. The van der Waals surface area contributed by atoms with Crippen molar-refractivity contribution in [2.24, 2.45) is 5.10 Å². The molecule has 0 saturated heterocycles. The minimum absolute atomic E-state index is 0.686. The van der Waals surface area contributed by atoms with E-state index in [0.29, 0.717) is 5.82 Å². The second kappa shape index (κ2) is 5.44. The molecule has 0 atom stereocenters. The third-order valence-electron chi connectivity index (χ3n) is 2.91. The van der Waals surface area contributed by atoms with Crippen LogP contribution in [0.25, 0.3) is 10.9 Å². The van der Waals surface area contributed by atoms with Gasteiger partial charge in [0.1, 0.15) is 6.33 Å². The summed E-state index contributed by atoms with van der Waals surface area (Å²) in [5, 5.41) is 5.27. The highest BCUT2D eigenvalue weighted by molar-refractivity contribution is 5.97. The summed E-state index contributed by atoms with van der Waals surface area (Å²) in [5.74, 6) is 0.686. The summed E-state index contributed by atoms with van der Waals surface area (Å²) in [6.45, 7) is 1.90. The molecule has 3 aromatic rings. The van der Waals surface area contributed by atoms with Crippen molar-refractivity contribution in [1.29, 1.82) is 0 Å². The van der Waals surface area contributed by atoms with E-state index in [-0.39, 0.29) is 0 Å². The Labute approximate surface area is 116 Å². The third-order valence-corrected chi connectivity index (χ3v) is 2.91. The minimum Gasteiger partial charge on any atom is -0.260 e. The van der Waals surface area contributed by atoms with Crippen molar-refractivity contribution in [3.8, 4) is 0 Å². The van der Waals surface area contributed by atoms with Crippen LogP contribution in [0.4, 0.5) is 5.82 Å². The number of pyridine rings is 1. The maximum Gasteiger partial charge on any atom is 0.157 e. The number of rotatable bonds is 3. The first-order valence-electron chi connectivity index (χ1n) is 6.26. The fraction of sp³-hybridized carbons (Fsp3) is 0.0667. The molecule has 0 fully saturated rings. The third kappa shape index (κ3) is 2.47. The molecule has 1 N–H and O–H groups in total. The van der Waals surface area contributed by atoms with Gasteiger partial charge in [0.2, 0.25) is 0 Å². The number of hydrazone groups is 1. The molecule has 0 saturated carbocycles. The van der Waals surface area contributed by atoms with E-state index in [1.54, 1.807) is 6.20 Å². The summed E-state index contributed by atoms with van der Waals surface area (Å²) >= 11 is 0. The van der Waals surface area contributed by atoms with Gasteiger partial charge in [-0.1, -0.05) is 18.2 Å². The van der Waals surface area contributed by atoms with E-state index >= 15 is 0 Å². The number of para-hydroxylation sites is 1. The Morgan fingerprint density at radius 1 is 1.00 bits per heavy atom. The Balaban J connectivity index is 1.91. The maximum atomic E-state index is 4.33. The van der Waals surface area contributed by atoms with Crippen LogP contribution in [0, 0.1) is 0 Å². The van der Waals surface area contributed by atoms with Gasteiger partial charge in [0.05, 0.1) is 16.9 Å². The van der Waals surface area contributed by atoms with Gasteiger partial charge in [-0.05, 0) is 31.2 Å². The molecule has 2 heterocycles. The molecule has 0 aliphatic carbocycles. The summed E-state index contributed by atoms with van der Waals surface area (Å²) < 4.78 is 0. The lowest BCUT2D eigenvalue weighted by Crippen LogP contribution is -2.03. The van der Waals surface area contributed by atoms with Crippen molar-refractivity contribution in [3.63, 3.8) is 0 Å². The van der Waals surface area contributed by atoms with Gasteiger partial charge < -0.3 is 0 Å². The molecule has 5 nitrogen and oxygen atoms in total. The van der Waals surface area contributed by atoms with Crippen molar-refractivity contribution in [3.05, 3.63) is 60.7 Å². The number of aromatic nitrogens is 3. The summed E-state index contributed by atoms with van der Waals surface area (Å²) in [5.41, 5.74) is 5.50. The second-order valence-electron chi connectivity index (χ2n) is 4.26. The van der Waals surface area contributed by atoms with E-state index in [4.69, 9.17) is 0 Å². The SMILES string of the molecule is CC(=NNc1ncnc2ccccc12)c1ccccn1. The van der Waals surface area contributed by atoms with E-state index < -0.39 is 0 Å². The highest BCUT2D eigenvalue weighted by Gasteiger charge is 2.02. The molecule has 0 aliphatic rings. The quantitative estimate of drug-likeness (QED) is 0.583. The average Bonchev–Trinajstić information content (AvgIpc) is 2.53. The summed E-state index contributed by atoms with van der Waals surface area (Å²) in [6, 6.07) is 13.5.